The van der Waals surface area contributed by atoms with Gasteiger partial charge < -0.3 is 10.2 Å². The van der Waals surface area contributed by atoms with Crippen molar-refractivity contribution in [3.8, 4) is 0 Å². The van der Waals surface area contributed by atoms with E-state index in [0.717, 1.165) is 30.8 Å². The van der Waals surface area contributed by atoms with Crippen molar-refractivity contribution in [2.45, 2.75) is 38.0 Å². The fourth-order valence-electron chi connectivity index (χ4n) is 3.88. The topological polar surface area (TPSA) is 32.3 Å². The molecule has 136 valence electrons. The first-order valence-corrected chi connectivity index (χ1v) is 9.62. The van der Waals surface area contributed by atoms with E-state index >= 15 is 0 Å². The number of rotatable bonds is 4. The molecular formula is C22H25FN2O. The molecule has 4 rings (SSSR count). The zero-order valence-corrected chi connectivity index (χ0v) is 15.0. The van der Waals surface area contributed by atoms with Gasteiger partial charge in [-0.15, -0.1) is 0 Å². The second kappa shape index (κ2) is 7.48. The van der Waals surface area contributed by atoms with Crippen molar-refractivity contribution in [3.63, 3.8) is 0 Å². The molecule has 2 aromatic carbocycles. The van der Waals surface area contributed by atoms with Gasteiger partial charge in [-0.3, -0.25) is 4.79 Å². The summed E-state index contributed by atoms with van der Waals surface area (Å²) in [4.78, 5) is 14.9. The summed E-state index contributed by atoms with van der Waals surface area (Å²) in [5.74, 6) is 0.0273. The van der Waals surface area contributed by atoms with E-state index in [9.17, 15) is 9.18 Å². The molecule has 0 radical (unpaired) electrons. The Balaban J connectivity index is 1.34. The number of hydrogen-bond acceptors (Lipinski definition) is 2. The Morgan fingerprint density at radius 2 is 1.58 bits per heavy atom. The number of nitrogens with one attached hydrogen (secondary N) is 1. The Labute approximate surface area is 154 Å². The third-order valence-electron chi connectivity index (χ3n) is 5.53. The summed E-state index contributed by atoms with van der Waals surface area (Å²) in [6.07, 6.45) is 5.99. The van der Waals surface area contributed by atoms with Crippen molar-refractivity contribution in [1.29, 1.82) is 0 Å². The standard InChI is InChI=1S/C22H25FN2O/c23-17-7-5-16(6-8-17)20-15-21(20)22(26)24-18-9-11-19(12-10-18)25-13-3-1-2-4-14-25/h5-12,20-21H,1-4,13-15H2,(H,24,26)/t20-,21-/m0/s1. The van der Waals surface area contributed by atoms with E-state index in [1.165, 1.54) is 43.5 Å². The Kier molecular flexibility index (Phi) is 4.91. The van der Waals surface area contributed by atoms with Crippen molar-refractivity contribution in [1.82, 2.24) is 0 Å². The van der Waals surface area contributed by atoms with Crippen LogP contribution in [0.15, 0.2) is 48.5 Å². The van der Waals surface area contributed by atoms with Gasteiger partial charge in [-0.05, 0) is 67.1 Å². The fraction of sp³-hybridized carbons (Fsp3) is 0.409. The molecule has 2 fully saturated rings. The summed E-state index contributed by atoms with van der Waals surface area (Å²) in [5, 5.41) is 3.03. The molecule has 1 saturated carbocycles. The largest absolute Gasteiger partial charge is 0.372 e. The van der Waals surface area contributed by atoms with Gasteiger partial charge in [0, 0.05) is 30.4 Å². The molecule has 2 aromatic rings. The summed E-state index contributed by atoms with van der Waals surface area (Å²) in [6.45, 7) is 2.24. The summed E-state index contributed by atoms with van der Waals surface area (Å²) in [6, 6.07) is 14.7. The highest BCUT2D eigenvalue weighted by molar-refractivity contribution is 5.95. The predicted octanol–water partition coefficient (Wildman–Crippen LogP) is 4.95. The van der Waals surface area contributed by atoms with Gasteiger partial charge in [0.05, 0.1) is 0 Å². The van der Waals surface area contributed by atoms with Gasteiger partial charge >= 0.3 is 0 Å². The Morgan fingerprint density at radius 3 is 2.23 bits per heavy atom. The summed E-state index contributed by atoms with van der Waals surface area (Å²) in [7, 11) is 0. The van der Waals surface area contributed by atoms with E-state index in [1.807, 2.05) is 12.1 Å². The van der Waals surface area contributed by atoms with Gasteiger partial charge in [0.25, 0.3) is 0 Å². The molecule has 1 heterocycles. The molecule has 0 aromatic heterocycles. The third-order valence-corrected chi connectivity index (χ3v) is 5.53. The number of halogens is 1. The minimum Gasteiger partial charge on any atom is -0.372 e. The second-order valence-corrected chi connectivity index (χ2v) is 7.44. The van der Waals surface area contributed by atoms with Crippen LogP contribution < -0.4 is 10.2 Å². The molecule has 3 nitrogen and oxygen atoms in total. The molecule has 0 spiro atoms. The minimum absolute atomic E-state index is 0.00857. The van der Waals surface area contributed by atoms with Crippen LogP contribution >= 0.6 is 0 Å². The molecule has 2 aliphatic rings. The molecule has 4 heteroatoms. The van der Waals surface area contributed by atoms with Crippen molar-refractivity contribution < 1.29 is 9.18 Å². The molecule has 0 bridgehead atoms. The van der Waals surface area contributed by atoms with E-state index < -0.39 is 0 Å². The lowest BCUT2D eigenvalue weighted by molar-refractivity contribution is -0.117. The summed E-state index contributed by atoms with van der Waals surface area (Å²) in [5.41, 5.74) is 3.13. The number of anilines is 2. The van der Waals surface area contributed by atoms with Crippen LogP contribution in [0, 0.1) is 11.7 Å². The molecule has 0 unspecified atom stereocenters. The highest BCUT2D eigenvalue weighted by Crippen LogP contribution is 2.48. The lowest BCUT2D eigenvalue weighted by Gasteiger charge is -2.22. The van der Waals surface area contributed by atoms with Gasteiger partial charge in [0.1, 0.15) is 5.82 Å². The van der Waals surface area contributed by atoms with Gasteiger partial charge in [-0.2, -0.15) is 0 Å². The second-order valence-electron chi connectivity index (χ2n) is 7.44. The van der Waals surface area contributed by atoms with Crippen LogP contribution in [-0.4, -0.2) is 19.0 Å². The van der Waals surface area contributed by atoms with E-state index in [1.54, 1.807) is 12.1 Å². The lowest BCUT2D eigenvalue weighted by atomic mass is 10.1. The molecule has 2 atom stereocenters. The van der Waals surface area contributed by atoms with Crippen LogP contribution in [0.2, 0.25) is 0 Å². The number of nitrogens with zero attached hydrogens (tertiary/aromatic N) is 1. The van der Waals surface area contributed by atoms with Crippen molar-refractivity contribution in [2.75, 3.05) is 23.3 Å². The number of amides is 1. The Hall–Kier alpha value is -2.36. The van der Waals surface area contributed by atoms with E-state index in [-0.39, 0.29) is 23.6 Å². The molecule has 1 aliphatic carbocycles. The van der Waals surface area contributed by atoms with E-state index in [2.05, 4.69) is 22.3 Å². The third kappa shape index (κ3) is 3.90. The fourth-order valence-corrected chi connectivity index (χ4v) is 3.88. The molecule has 26 heavy (non-hydrogen) atoms. The van der Waals surface area contributed by atoms with E-state index in [0.29, 0.717) is 0 Å². The zero-order valence-electron chi connectivity index (χ0n) is 15.0. The lowest BCUT2D eigenvalue weighted by Crippen LogP contribution is -2.23. The molecule has 1 N–H and O–H groups in total. The van der Waals surface area contributed by atoms with Gasteiger partial charge in [0.2, 0.25) is 5.91 Å². The van der Waals surface area contributed by atoms with Crippen LogP contribution in [0.4, 0.5) is 15.8 Å². The molecule has 1 amide bonds. The zero-order chi connectivity index (χ0) is 17.9. The average molecular weight is 352 g/mol. The molecular weight excluding hydrogens is 327 g/mol. The number of benzene rings is 2. The Morgan fingerprint density at radius 1 is 0.923 bits per heavy atom. The minimum atomic E-state index is -0.236. The highest BCUT2D eigenvalue weighted by Gasteiger charge is 2.43. The first-order valence-electron chi connectivity index (χ1n) is 9.62. The van der Waals surface area contributed by atoms with Crippen molar-refractivity contribution in [2.24, 2.45) is 5.92 Å². The first kappa shape index (κ1) is 17.1. The number of carbonyl (C=O) groups excluding carboxylic acids is 1. The normalized spacial score (nSPS) is 22.6. The molecule has 1 saturated heterocycles. The maximum Gasteiger partial charge on any atom is 0.228 e. The first-order chi connectivity index (χ1) is 12.7. The quantitative estimate of drug-likeness (QED) is 0.844. The van der Waals surface area contributed by atoms with Gasteiger partial charge in [0.15, 0.2) is 0 Å². The summed E-state index contributed by atoms with van der Waals surface area (Å²) >= 11 is 0. The number of hydrogen-bond donors (Lipinski definition) is 1. The summed E-state index contributed by atoms with van der Waals surface area (Å²) < 4.78 is 13.0. The molecule has 1 aliphatic heterocycles. The Bertz CT molecular complexity index is 749. The van der Waals surface area contributed by atoms with Crippen LogP contribution in [0.1, 0.15) is 43.6 Å². The number of carbonyl (C=O) groups is 1. The van der Waals surface area contributed by atoms with Crippen molar-refractivity contribution >= 4 is 17.3 Å². The van der Waals surface area contributed by atoms with Crippen LogP contribution in [0.3, 0.4) is 0 Å². The van der Waals surface area contributed by atoms with Gasteiger partial charge in [-0.1, -0.05) is 25.0 Å². The van der Waals surface area contributed by atoms with Crippen LogP contribution in [-0.2, 0) is 4.79 Å². The maximum absolute atomic E-state index is 13.0. The van der Waals surface area contributed by atoms with Crippen molar-refractivity contribution in [3.05, 3.63) is 59.9 Å². The van der Waals surface area contributed by atoms with Crippen LogP contribution in [0.25, 0.3) is 0 Å². The predicted molar refractivity (Wildman–Crippen MR) is 103 cm³/mol. The van der Waals surface area contributed by atoms with E-state index in [4.69, 9.17) is 0 Å². The average Bonchev–Trinajstić information content (AvgIpc) is 3.47. The maximum atomic E-state index is 13.0. The van der Waals surface area contributed by atoms with Gasteiger partial charge in [-0.25, -0.2) is 4.39 Å². The highest BCUT2D eigenvalue weighted by atomic mass is 19.1. The smallest absolute Gasteiger partial charge is 0.228 e. The monoisotopic (exact) mass is 352 g/mol. The SMILES string of the molecule is O=C(Nc1ccc(N2CCCCCC2)cc1)[C@H]1C[C@H]1c1ccc(F)cc1. The van der Waals surface area contributed by atoms with Crippen LogP contribution in [0.5, 0.6) is 0 Å².